The summed E-state index contributed by atoms with van der Waals surface area (Å²) < 4.78 is 18.6. The molecule has 0 radical (unpaired) electrons. The molecule has 4 nitrogen and oxygen atoms in total. The van der Waals surface area contributed by atoms with Crippen molar-refractivity contribution in [3.05, 3.63) is 47.5 Å². The van der Waals surface area contributed by atoms with Crippen molar-refractivity contribution in [1.29, 1.82) is 0 Å². The quantitative estimate of drug-likeness (QED) is 0.899. The Morgan fingerprint density at radius 2 is 2.00 bits per heavy atom. The van der Waals surface area contributed by atoms with E-state index in [0.29, 0.717) is 11.3 Å². The molecule has 0 bridgehead atoms. The summed E-state index contributed by atoms with van der Waals surface area (Å²) in [6.07, 6.45) is 3.42. The second-order valence-electron chi connectivity index (χ2n) is 4.17. The minimum atomic E-state index is -0.255. The fourth-order valence-electron chi connectivity index (χ4n) is 1.54. The predicted molar refractivity (Wildman–Crippen MR) is 70.6 cm³/mol. The normalized spacial score (nSPS) is 10.5. The van der Waals surface area contributed by atoms with Gasteiger partial charge < -0.3 is 10.1 Å². The molecule has 5 heteroatoms. The van der Waals surface area contributed by atoms with Gasteiger partial charge in [0.05, 0.1) is 0 Å². The van der Waals surface area contributed by atoms with E-state index in [9.17, 15) is 4.39 Å². The van der Waals surface area contributed by atoms with Gasteiger partial charge in [-0.25, -0.2) is 14.4 Å². The van der Waals surface area contributed by atoms with Gasteiger partial charge in [-0.05, 0) is 37.2 Å². The summed E-state index contributed by atoms with van der Waals surface area (Å²) in [6, 6.07) is 4.79. The first kappa shape index (κ1) is 13.4. The Bertz CT molecular complexity index is 543. The zero-order chi connectivity index (χ0) is 13.7. The van der Waals surface area contributed by atoms with Gasteiger partial charge >= 0.3 is 6.01 Å². The van der Waals surface area contributed by atoms with Crippen LogP contribution in [0.15, 0.2) is 30.6 Å². The Kier molecular flexibility index (Phi) is 4.41. The Balaban J connectivity index is 2.04. The van der Waals surface area contributed by atoms with Gasteiger partial charge in [0.1, 0.15) is 11.6 Å². The van der Waals surface area contributed by atoms with Crippen LogP contribution in [0.2, 0.25) is 0 Å². The predicted octanol–water partition coefficient (Wildman–Crippen LogP) is 2.83. The molecule has 100 valence electrons. The maximum absolute atomic E-state index is 13.1. The average Bonchev–Trinajstić information content (AvgIpc) is 2.42. The van der Waals surface area contributed by atoms with E-state index in [1.807, 2.05) is 6.92 Å². The van der Waals surface area contributed by atoms with Crippen LogP contribution < -0.4 is 10.1 Å². The third-order valence-electron chi connectivity index (χ3n) is 2.60. The maximum Gasteiger partial charge on any atom is 0.321 e. The number of hydrogen-bond acceptors (Lipinski definition) is 4. The van der Waals surface area contributed by atoms with Crippen molar-refractivity contribution in [2.45, 2.75) is 20.4 Å². The Morgan fingerprint density at radius 3 is 2.63 bits per heavy atom. The van der Waals surface area contributed by atoms with Crippen molar-refractivity contribution >= 4 is 0 Å². The second-order valence-corrected chi connectivity index (χ2v) is 4.17. The summed E-state index contributed by atoms with van der Waals surface area (Å²) in [7, 11) is 0. The van der Waals surface area contributed by atoms with Crippen LogP contribution >= 0.6 is 0 Å². The summed E-state index contributed by atoms with van der Waals surface area (Å²) in [6.45, 7) is 5.34. The molecule has 1 aromatic carbocycles. The van der Waals surface area contributed by atoms with Crippen LogP contribution in [0, 0.1) is 12.7 Å². The van der Waals surface area contributed by atoms with Gasteiger partial charge in [-0.2, -0.15) is 0 Å². The van der Waals surface area contributed by atoms with Crippen molar-refractivity contribution in [1.82, 2.24) is 15.3 Å². The van der Waals surface area contributed by atoms with Crippen molar-refractivity contribution in [3.63, 3.8) is 0 Å². The van der Waals surface area contributed by atoms with Crippen LogP contribution in [-0.2, 0) is 6.54 Å². The molecule has 0 unspecified atom stereocenters. The highest BCUT2D eigenvalue weighted by atomic mass is 19.1. The number of nitrogens with one attached hydrogen (secondary N) is 1. The lowest BCUT2D eigenvalue weighted by Gasteiger charge is -2.06. The molecule has 0 amide bonds. The van der Waals surface area contributed by atoms with E-state index in [0.717, 1.165) is 18.7 Å². The van der Waals surface area contributed by atoms with Gasteiger partial charge in [0.15, 0.2) is 0 Å². The topological polar surface area (TPSA) is 47.0 Å². The van der Waals surface area contributed by atoms with E-state index in [1.54, 1.807) is 31.5 Å². The Hall–Kier alpha value is -2.01. The first-order chi connectivity index (χ1) is 9.19. The minimum Gasteiger partial charge on any atom is -0.424 e. The van der Waals surface area contributed by atoms with Crippen LogP contribution in [0.25, 0.3) is 0 Å². The van der Waals surface area contributed by atoms with Crippen molar-refractivity contribution in [3.8, 4) is 11.8 Å². The molecule has 0 aliphatic heterocycles. The van der Waals surface area contributed by atoms with Crippen LogP contribution in [0.5, 0.6) is 11.8 Å². The summed E-state index contributed by atoms with van der Waals surface area (Å²) in [5, 5.41) is 3.18. The molecule has 1 aromatic heterocycles. The third-order valence-corrected chi connectivity index (χ3v) is 2.60. The van der Waals surface area contributed by atoms with Crippen LogP contribution in [0.4, 0.5) is 4.39 Å². The molecule has 2 aromatic rings. The van der Waals surface area contributed by atoms with Crippen molar-refractivity contribution in [2.24, 2.45) is 0 Å². The first-order valence-electron chi connectivity index (χ1n) is 6.14. The number of benzene rings is 1. The number of aryl methyl sites for hydroxylation is 1. The first-order valence-corrected chi connectivity index (χ1v) is 6.14. The average molecular weight is 261 g/mol. The van der Waals surface area contributed by atoms with E-state index in [2.05, 4.69) is 15.3 Å². The zero-order valence-corrected chi connectivity index (χ0v) is 11.0. The molecule has 0 atom stereocenters. The standard InChI is InChI=1S/C14H16FN3O/c1-3-16-7-11-8-17-14(18-9-11)19-12-4-5-13(15)10(2)6-12/h4-6,8-9,16H,3,7H2,1-2H3. The lowest BCUT2D eigenvalue weighted by Crippen LogP contribution is -2.12. The van der Waals surface area contributed by atoms with Gasteiger partial charge in [-0.15, -0.1) is 0 Å². The summed E-state index contributed by atoms with van der Waals surface area (Å²) in [4.78, 5) is 8.22. The van der Waals surface area contributed by atoms with Gasteiger partial charge in [-0.3, -0.25) is 0 Å². The van der Waals surface area contributed by atoms with Gasteiger partial charge in [0.25, 0.3) is 0 Å². The second kappa shape index (κ2) is 6.24. The summed E-state index contributed by atoms with van der Waals surface area (Å²) >= 11 is 0. The van der Waals surface area contributed by atoms with Gasteiger partial charge in [0.2, 0.25) is 0 Å². The number of hydrogen-bond donors (Lipinski definition) is 1. The molecule has 0 aliphatic rings. The van der Waals surface area contributed by atoms with Crippen LogP contribution in [-0.4, -0.2) is 16.5 Å². The molecule has 2 rings (SSSR count). The van der Waals surface area contributed by atoms with Crippen molar-refractivity contribution < 1.29 is 9.13 Å². The lowest BCUT2D eigenvalue weighted by atomic mass is 10.2. The molecule has 1 heterocycles. The Labute approximate surface area is 111 Å². The molecule has 0 saturated heterocycles. The molecule has 0 spiro atoms. The highest BCUT2D eigenvalue weighted by Gasteiger charge is 2.03. The Morgan fingerprint density at radius 1 is 1.26 bits per heavy atom. The number of aromatic nitrogens is 2. The minimum absolute atomic E-state index is 0.255. The van der Waals surface area contributed by atoms with E-state index in [4.69, 9.17) is 4.74 Å². The van der Waals surface area contributed by atoms with Gasteiger partial charge in [0, 0.05) is 24.5 Å². The van der Waals surface area contributed by atoms with Crippen LogP contribution in [0.3, 0.4) is 0 Å². The molecule has 1 N–H and O–H groups in total. The number of nitrogens with zero attached hydrogens (tertiary/aromatic N) is 2. The third kappa shape index (κ3) is 3.72. The largest absolute Gasteiger partial charge is 0.424 e. The van der Waals surface area contributed by atoms with Crippen LogP contribution in [0.1, 0.15) is 18.1 Å². The fraction of sp³-hybridized carbons (Fsp3) is 0.286. The number of rotatable bonds is 5. The molecule has 0 fully saturated rings. The molecule has 19 heavy (non-hydrogen) atoms. The SMILES string of the molecule is CCNCc1cnc(Oc2ccc(F)c(C)c2)nc1. The van der Waals surface area contributed by atoms with E-state index < -0.39 is 0 Å². The monoisotopic (exact) mass is 261 g/mol. The van der Waals surface area contributed by atoms with Crippen molar-refractivity contribution in [2.75, 3.05) is 6.54 Å². The van der Waals surface area contributed by atoms with Gasteiger partial charge in [-0.1, -0.05) is 6.92 Å². The smallest absolute Gasteiger partial charge is 0.321 e. The summed E-state index contributed by atoms with van der Waals surface area (Å²) in [5.41, 5.74) is 1.52. The molecular weight excluding hydrogens is 245 g/mol. The fourth-order valence-corrected chi connectivity index (χ4v) is 1.54. The number of halogens is 1. The molecule has 0 aliphatic carbocycles. The van der Waals surface area contributed by atoms with E-state index in [1.165, 1.54) is 6.07 Å². The molecule has 0 saturated carbocycles. The maximum atomic E-state index is 13.1. The van der Waals surface area contributed by atoms with E-state index in [-0.39, 0.29) is 11.8 Å². The highest BCUT2D eigenvalue weighted by molar-refractivity contribution is 5.30. The zero-order valence-electron chi connectivity index (χ0n) is 11.0. The van der Waals surface area contributed by atoms with E-state index >= 15 is 0 Å². The summed E-state index contributed by atoms with van der Waals surface area (Å²) in [5.74, 6) is 0.271. The lowest BCUT2D eigenvalue weighted by molar-refractivity contribution is 0.438. The number of ether oxygens (including phenoxy) is 1. The highest BCUT2D eigenvalue weighted by Crippen LogP contribution is 2.20. The molecular formula is C14H16FN3O.